The number of halogens is 1. The average molecular weight is 299 g/mol. The monoisotopic (exact) mass is 298 g/mol. The van der Waals surface area contributed by atoms with Crippen LogP contribution in [0.2, 0.25) is 0 Å². The molecular weight excluding hydrogens is 272 g/mol. The molecule has 0 heterocycles. The van der Waals surface area contributed by atoms with Crippen molar-refractivity contribution in [2.24, 2.45) is 5.73 Å². The molecule has 3 N–H and O–H groups in total. The lowest BCUT2D eigenvalue weighted by Crippen LogP contribution is -2.27. The van der Waals surface area contributed by atoms with Gasteiger partial charge in [0, 0.05) is 6.42 Å². The molecule has 0 spiro atoms. The molecule has 20 heavy (non-hydrogen) atoms. The molecule has 1 amide bonds. The van der Waals surface area contributed by atoms with Crippen molar-refractivity contribution in [3.63, 3.8) is 0 Å². The van der Waals surface area contributed by atoms with Crippen LogP contribution in [0.5, 0.6) is 0 Å². The Morgan fingerprint density at radius 1 is 1.25 bits per heavy atom. The highest BCUT2D eigenvalue weighted by molar-refractivity contribution is 5.85. The second kappa shape index (κ2) is 8.28. The van der Waals surface area contributed by atoms with Crippen LogP contribution in [0.1, 0.15) is 57.7 Å². The van der Waals surface area contributed by atoms with Gasteiger partial charge in [-0.2, -0.15) is 0 Å². The molecule has 114 valence electrons. The van der Waals surface area contributed by atoms with E-state index in [1.54, 1.807) is 0 Å². The first-order chi connectivity index (χ1) is 8.84. The topological polar surface area (TPSA) is 55.1 Å². The molecule has 0 aliphatic rings. The lowest BCUT2D eigenvalue weighted by Gasteiger charge is -2.20. The largest absolute Gasteiger partial charge is 0.350 e. The molecule has 1 rings (SSSR count). The summed E-state index contributed by atoms with van der Waals surface area (Å²) >= 11 is 0. The lowest BCUT2D eigenvalue weighted by molar-refractivity contribution is -0.121. The van der Waals surface area contributed by atoms with Crippen LogP contribution in [-0.4, -0.2) is 12.5 Å². The molecule has 1 unspecified atom stereocenters. The van der Waals surface area contributed by atoms with Crippen molar-refractivity contribution in [1.82, 2.24) is 5.32 Å². The molecule has 0 fully saturated rings. The molecule has 1 aromatic rings. The molecule has 0 saturated heterocycles. The van der Waals surface area contributed by atoms with Gasteiger partial charge in [-0.1, -0.05) is 45.0 Å². The van der Waals surface area contributed by atoms with Gasteiger partial charge in [0.2, 0.25) is 5.91 Å². The molecular formula is C16H27ClN2O. The van der Waals surface area contributed by atoms with E-state index in [1.807, 2.05) is 6.92 Å². The summed E-state index contributed by atoms with van der Waals surface area (Å²) in [5, 5.41) is 2.99. The molecule has 0 aromatic heterocycles. The Balaban J connectivity index is 0.00000361. The van der Waals surface area contributed by atoms with Crippen LogP contribution in [0.15, 0.2) is 24.3 Å². The Kier molecular flexibility index (Phi) is 7.84. The summed E-state index contributed by atoms with van der Waals surface area (Å²) in [6.45, 7) is 9.15. The van der Waals surface area contributed by atoms with E-state index in [-0.39, 0.29) is 29.8 Å². The lowest BCUT2D eigenvalue weighted by atomic mass is 9.86. The van der Waals surface area contributed by atoms with E-state index < -0.39 is 0 Å². The highest BCUT2D eigenvalue weighted by Gasteiger charge is 2.14. The second-order valence-corrected chi connectivity index (χ2v) is 6.05. The van der Waals surface area contributed by atoms with Crippen LogP contribution in [0.4, 0.5) is 0 Å². The number of nitrogens with one attached hydrogen (secondary N) is 1. The third-order valence-electron chi connectivity index (χ3n) is 3.26. The summed E-state index contributed by atoms with van der Waals surface area (Å²) in [5.74, 6) is 0.0675. The van der Waals surface area contributed by atoms with Crippen LogP contribution < -0.4 is 11.1 Å². The zero-order valence-electron chi connectivity index (χ0n) is 12.9. The van der Waals surface area contributed by atoms with E-state index in [1.165, 1.54) is 5.56 Å². The minimum absolute atomic E-state index is 0. The third-order valence-corrected chi connectivity index (χ3v) is 3.26. The van der Waals surface area contributed by atoms with E-state index in [2.05, 4.69) is 50.4 Å². The number of hydrogen-bond acceptors (Lipinski definition) is 2. The van der Waals surface area contributed by atoms with E-state index in [0.29, 0.717) is 13.0 Å². The smallest absolute Gasteiger partial charge is 0.220 e. The van der Waals surface area contributed by atoms with Crippen molar-refractivity contribution in [1.29, 1.82) is 0 Å². The zero-order valence-corrected chi connectivity index (χ0v) is 13.7. The van der Waals surface area contributed by atoms with Crippen molar-refractivity contribution in [2.45, 2.75) is 52.0 Å². The summed E-state index contributed by atoms with van der Waals surface area (Å²) in [7, 11) is 0. The SMILES string of the molecule is CC(NC(=O)CCCN)c1ccc(C(C)(C)C)cc1.Cl. The minimum atomic E-state index is 0. The number of benzene rings is 1. The summed E-state index contributed by atoms with van der Waals surface area (Å²) < 4.78 is 0. The number of nitrogens with two attached hydrogens (primary N) is 1. The van der Waals surface area contributed by atoms with E-state index in [0.717, 1.165) is 12.0 Å². The highest BCUT2D eigenvalue weighted by atomic mass is 35.5. The van der Waals surface area contributed by atoms with Crippen LogP contribution >= 0.6 is 12.4 Å². The Labute approximate surface area is 128 Å². The standard InChI is InChI=1S/C16H26N2O.ClH/c1-12(18-15(19)6-5-11-17)13-7-9-14(10-8-13)16(2,3)4;/h7-10,12H,5-6,11,17H2,1-4H3,(H,18,19);1H. The molecule has 0 saturated carbocycles. The molecule has 0 bridgehead atoms. The summed E-state index contributed by atoms with van der Waals surface area (Å²) in [5.41, 5.74) is 7.99. The predicted molar refractivity (Wildman–Crippen MR) is 87.2 cm³/mol. The average Bonchev–Trinajstić information content (AvgIpc) is 2.35. The molecule has 1 aromatic carbocycles. The maximum absolute atomic E-state index is 11.6. The van der Waals surface area contributed by atoms with E-state index >= 15 is 0 Å². The molecule has 4 heteroatoms. The first-order valence-electron chi connectivity index (χ1n) is 6.94. The fourth-order valence-corrected chi connectivity index (χ4v) is 1.93. The maximum atomic E-state index is 11.6. The Bertz CT molecular complexity index is 409. The van der Waals surface area contributed by atoms with Gasteiger partial charge >= 0.3 is 0 Å². The van der Waals surface area contributed by atoms with Gasteiger partial charge in [0.15, 0.2) is 0 Å². The molecule has 0 aliphatic carbocycles. The van der Waals surface area contributed by atoms with Crippen molar-refractivity contribution < 1.29 is 4.79 Å². The fourth-order valence-electron chi connectivity index (χ4n) is 1.93. The Hall–Kier alpha value is -1.06. The number of amides is 1. The van der Waals surface area contributed by atoms with Crippen LogP contribution in [0, 0.1) is 0 Å². The van der Waals surface area contributed by atoms with Crippen LogP contribution in [0.25, 0.3) is 0 Å². The van der Waals surface area contributed by atoms with Gasteiger partial charge in [-0.15, -0.1) is 12.4 Å². The maximum Gasteiger partial charge on any atom is 0.220 e. The molecule has 1 atom stereocenters. The quantitative estimate of drug-likeness (QED) is 0.876. The van der Waals surface area contributed by atoms with Gasteiger partial charge in [0.25, 0.3) is 0 Å². The van der Waals surface area contributed by atoms with Crippen molar-refractivity contribution in [3.05, 3.63) is 35.4 Å². The van der Waals surface area contributed by atoms with Gasteiger partial charge in [-0.05, 0) is 36.4 Å². The zero-order chi connectivity index (χ0) is 14.5. The second-order valence-electron chi connectivity index (χ2n) is 6.05. The van der Waals surface area contributed by atoms with Gasteiger partial charge in [-0.3, -0.25) is 4.79 Å². The van der Waals surface area contributed by atoms with Crippen molar-refractivity contribution in [2.75, 3.05) is 6.54 Å². The van der Waals surface area contributed by atoms with Gasteiger partial charge in [-0.25, -0.2) is 0 Å². The highest BCUT2D eigenvalue weighted by Crippen LogP contribution is 2.23. The number of hydrogen-bond donors (Lipinski definition) is 2. The molecule has 0 radical (unpaired) electrons. The summed E-state index contributed by atoms with van der Waals surface area (Å²) in [6.07, 6.45) is 1.24. The van der Waals surface area contributed by atoms with Crippen LogP contribution in [-0.2, 0) is 10.2 Å². The fraction of sp³-hybridized carbons (Fsp3) is 0.562. The van der Waals surface area contributed by atoms with Crippen LogP contribution in [0.3, 0.4) is 0 Å². The normalized spacial score (nSPS) is 12.4. The number of rotatable bonds is 5. The number of carbonyl (C=O) groups is 1. The summed E-state index contributed by atoms with van der Waals surface area (Å²) in [4.78, 5) is 11.6. The van der Waals surface area contributed by atoms with Gasteiger partial charge in [0.1, 0.15) is 0 Å². The van der Waals surface area contributed by atoms with Gasteiger partial charge in [0.05, 0.1) is 6.04 Å². The Morgan fingerprint density at radius 3 is 2.25 bits per heavy atom. The predicted octanol–water partition coefficient (Wildman–Crippen LogP) is 3.32. The third kappa shape index (κ3) is 5.93. The first-order valence-corrected chi connectivity index (χ1v) is 6.94. The van der Waals surface area contributed by atoms with Crippen molar-refractivity contribution in [3.8, 4) is 0 Å². The molecule has 3 nitrogen and oxygen atoms in total. The minimum Gasteiger partial charge on any atom is -0.350 e. The number of carbonyl (C=O) groups excluding carboxylic acids is 1. The van der Waals surface area contributed by atoms with E-state index in [9.17, 15) is 4.79 Å². The summed E-state index contributed by atoms with van der Waals surface area (Å²) in [6, 6.07) is 8.50. The first kappa shape index (κ1) is 18.9. The Morgan fingerprint density at radius 2 is 1.80 bits per heavy atom. The van der Waals surface area contributed by atoms with Crippen molar-refractivity contribution >= 4 is 18.3 Å². The molecule has 0 aliphatic heterocycles. The van der Waals surface area contributed by atoms with Gasteiger partial charge < -0.3 is 11.1 Å². The van der Waals surface area contributed by atoms with E-state index in [4.69, 9.17) is 5.73 Å².